The highest BCUT2D eigenvalue weighted by atomic mass is 35.5. The molecule has 0 radical (unpaired) electrons. The molecule has 4 nitrogen and oxygen atoms in total. The number of aryl methyl sites for hydroxylation is 2. The maximum absolute atomic E-state index is 6.40. The topological polar surface area (TPSA) is 41.0 Å². The number of anilines is 1. The molecule has 3 rings (SSSR count). The van der Waals surface area contributed by atoms with Crippen molar-refractivity contribution < 1.29 is 0 Å². The van der Waals surface area contributed by atoms with E-state index in [9.17, 15) is 0 Å². The van der Waals surface area contributed by atoms with Crippen molar-refractivity contribution >= 4 is 51.5 Å². The Hall–Kier alpha value is -1.59. The third-order valence-electron chi connectivity index (χ3n) is 4.42. The average molecular weight is 438 g/mol. The molecule has 0 aliphatic rings. The molecule has 0 unspecified atom stereocenters. The quantitative estimate of drug-likeness (QED) is 0.456. The molecule has 0 fully saturated rings. The van der Waals surface area contributed by atoms with E-state index < -0.39 is 0 Å². The maximum Gasteiger partial charge on any atom is 0.137 e. The summed E-state index contributed by atoms with van der Waals surface area (Å²) in [7, 11) is 4.14. The summed E-state index contributed by atoms with van der Waals surface area (Å²) < 4.78 is 0. The zero-order chi connectivity index (χ0) is 20.1. The van der Waals surface area contributed by atoms with Gasteiger partial charge in [0, 0.05) is 18.4 Å². The van der Waals surface area contributed by atoms with Crippen molar-refractivity contribution in [3.8, 4) is 0 Å². The molecule has 0 spiro atoms. The number of nitrogens with zero attached hydrogens (tertiary/aromatic N) is 3. The summed E-state index contributed by atoms with van der Waals surface area (Å²) in [4.78, 5) is 11.6. The van der Waals surface area contributed by atoms with Gasteiger partial charge in [-0.3, -0.25) is 0 Å². The van der Waals surface area contributed by atoms with Crippen molar-refractivity contribution in [2.75, 3.05) is 32.5 Å². The molecule has 0 atom stereocenters. The van der Waals surface area contributed by atoms with Crippen LogP contribution in [0.4, 0.5) is 5.82 Å². The van der Waals surface area contributed by atoms with Gasteiger partial charge in [-0.05, 0) is 63.3 Å². The third-order valence-corrected chi connectivity index (χ3v) is 5.46. The lowest BCUT2D eigenvalue weighted by atomic mass is 10.1. The monoisotopic (exact) mass is 436 g/mol. The van der Waals surface area contributed by atoms with E-state index in [2.05, 4.69) is 24.3 Å². The van der Waals surface area contributed by atoms with Gasteiger partial charge < -0.3 is 10.2 Å². The first kappa shape index (κ1) is 21.1. The van der Waals surface area contributed by atoms with E-state index in [4.69, 9.17) is 44.8 Å². The van der Waals surface area contributed by atoms with Crippen molar-refractivity contribution in [1.82, 2.24) is 14.9 Å². The van der Waals surface area contributed by atoms with Gasteiger partial charge in [0.2, 0.25) is 0 Å². The highest BCUT2D eigenvalue weighted by molar-refractivity contribution is 6.42. The second-order valence-corrected chi connectivity index (χ2v) is 8.18. The molecule has 148 valence electrons. The van der Waals surface area contributed by atoms with Crippen LogP contribution in [0.1, 0.15) is 17.8 Å². The number of halogens is 3. The van der Waals surface area contributed by atoms with Crippen LogP contribution < -0.4 is 5.32 Å². The lowest BCUT2D eigenvalue weighted by Crippen LogP contribution is -2.17. The van der Waals surface area contributed by atoms with Gasteiger partial charge in [-0.15, -0.1) is 0 Å². The molecule has 28 heavy (non-hydrogen) atoms. The molecule has 0 saturated carbocycles. The lowest BCUT2D eigenvalue weighted by Gasteiger charge is -2.13. The molecular weight excluding hydrogens is 415 g/mol. The Morgan fingerprint density at radius 2 is 1.75 bits per heavy atom. The molecule has 0 bridgehead atoms. The van der Waals surface area contributed by atoms with Crippen LogP contribution in [0.15, 0.2) is 36.4 Å². The number of hydrogen-bond donors (Lipinski definition) is 1. The maximum atomic E-state index is 6.40. The van der Waals surface area contributed by atoms with Gasteiger partial charge in [0.05, 0.1) is 20.6 Å². The van der Waals surface area contributed by atoms with Crippen LogP contribution >= 0.6 is 34.8 Å². The van der Waals surface area contributed by atoms with Crippen LogP contribution in [0, 0.1) is 0 Å². The Kier molecular flexibility index (Phi) is 7.36. The predicted molar refractivity (Wildman–Crippen MR) is 120 cm³/mol. The van der Waals surface area contributed by atoms with Gasteiger partial charge in [0.25, 0.3) is 0 Å². The van der Waals surface area contributed by atoms with Gasteiger partial charge in [-0.25, -0.2) is 9.97 Å². The fourth-order valence-corrected chi connectivity index (χ4v) is 3.50. The van der Waals surface area contributed by atoms with Crippen molar-refractivity contribution in [1.29, 1.82) is 0 Å². The van der Waals surface area contributed by atoms with Crippen molar-refractivity contribution in [3.63, 3.8) is 0 Å². The summed E-state index contributed by atoms with van der Waals surface area (Å²) in [5, 5.41) is 6.14. The Labute approximate surface area is 180 Å². The summed E-state index contributed by atoms with van der Waals surface area (Å²) in [5.41, 5.74) is 1.87. The first-order valence-electron chi connectivity index (χ1n) is 9.21. The van der Waals surface area contributed by atoms with Crippen LogP contribution in [-0.2, 0) is 12.8 Å². The lowest BCUT2D eigenvalue weighted by molar-refractivity contribution is 0.405. The van der Waals surface area contributed by atoms with Gasteiger partial charge >= 0.3 is 0 Å². The number of nitrogens with one attached hydrogen (secondary N) is 1. The average Bonchev–Trinajstić information content (AvgIpc) is 2.66. The summed E-state index contributed by atoms with van der Waals surface area (Å²) >= 11 is 18.5. The minimum absolute atomic E-state index is 0.559. The SMILES string of the molecule is CN(C)CCCNc1nc(CCc2ccc(Cl)c(Cl)c2)nc2c(Cl)cccc12. The van der Waals surface area contributed by atoms with Crippen LogP contribution in [0.3, 0.4) is 0 Å². The van der Waals surface area contributed by atoms with Crippen molar-refractivity contribution in [2.24, 2.45) is 0 Å². The third kappa shape index (κ3) is 5.48. The number of hydrogen-bond acceptors (Lipinski definition) is 4. The molecule has 0 aliphatic carbocycles. The number of fused-ring (bicyclic) bond motifs is 1. The highest BCUT2D eigenvalue weighted by Gasteiger charge is 2.11. The van der Waals surface area contributed by atoms with Crippen LogP contribution in [0.2, 0.25) is 15.1 Å². The van der Waals surface area contributed by atoms with Crippen LogP contribution in [-0.4, -0.2) is 42.1 Å². The number of rotatable bonds is 8. The summed E-state index contributed by atoms with van der Waals surface area (Å²) in [5.74, 6) is 1.58. The number of benzene rings is 2. The standard InChI is InChI=1S/C21H23Cl3N4/c1-28(2)12-4-11-25-21-15-5-3-6-17(23)20(15)26-19(27-21)10-8-14-7-9-16(22)18(24)13-14/h3,5-7,9,13H,4,8,10-12H2,1-2H3,(H,25,26,27). The van der Waals surface area contributed by atoms with E-state index in [-0.39, 0.29) is 0 Å². The van der Waals surface area contributed by atoms with Crippen LogP contribution in [0.25, 0.3) is 10.9 Å². The molecule has 3 aromatic rings. The Balaban J connectivity index is 1.81. The van der Waals surface area contributed by atoms with E-state index in [1.165, 1.54) is 0 Å². The summed E-state index contributed by atoms with van der Waals surface area (Å²) in [6, 6.07) is 11.5. The largest absolute Gasteiger partial charge is 0.369 e. The van der Waals surface area contributed by atoms with Crippen molar-refractivity contribution in [3.05, 3.63) is 62.9 Å². The first-order chi connectivity index (χ1) is 13.4. The zero-order valence-electron chi connectivity index (χ0n) is 16.0. The van der Waals surface area contributed by atoms with Crippen molar-refractivity contribution in [2.45, 2.75) is 19.3 Å². The van der Waals surface area contributed by atoms with E-state index >= 15 is 0 Å². The normalized spacial score (nSPS) is 11.4. The molecular formula is C21H23Cl3N4. The first-order valence-corrected chi connectivity index (χ1v) is 10.3. The minimum Gasteiger partial charge on any atom is -0.369 e. The molecule has 0 saturated heterocycles. The molecule has 7 heteroatoms. The molecule has 0 aliphatic heterocycles. The molecule has 0 amide bonds. The smallest absolute Gasteiger partial charge is 0.137 e. The fourth-order valence-electron chi connectivity index (χ4n) is 2.96. The Morgan fingerprint density at radius 3 is 2.50 bits per heavy atom. The fraction of sp³-hybridized carbons (Fsp3) is 0.333. The van der Waals surface area contributed by atoms with E-state index in [0.29, 0.717) is 21.5 Å². The van der Waals surface area contributed by atoms with E-state index in [1.54, 1.807) is 0 Å². The zero-order valence-corrected chi connectivity index (χ0v) is 18.2. The second kappa shape index (κ2) is 9.75. The van der Waals surface area contributed by atoms with Gasteiger partial charge in [0.1, 0.15) is 11.6 Å². The molecule has 1 aromatic heterocycles. The number of aromatic nitrogens is 2. The predicted octanol–water partition coefficient (Wildman–Crippen LogP) is 5.74. The summed E-state index contributed by atoms with van der Waals surface area (Å²) in [6.07, 6.45) is 2.48. The van der Waals surface area contributed by atoms with Gasteiger partial charge in [-0.1, -0.05) is 46.9 Å². The highest BCUT2D eigenvalue weighted by Crippen LogP contribution is 2.27. The second-order valence-electron chi connectivity index (χ2n) is 6.96. The Morgan fingerprint density at radius 1 is 0.929 bits per heavy atom. The molecule has 2 aromatic carbocycles. The molecule has 1 heterocycles. The molecule has 1 N–H and O–H groups in total. The number of para-hydroxylation sites is 1. The van der Waals surface area contributed by atoms with Crippen LogP contribution in [0.5, 0.6) is 0 Å². The Bertz CT molecular complexity index is 960. The van der Waals surface area contributed by atoms with E-state index in [1.807, 2.05) is 36.4 Å². The minimum atomic E-state index is 0.559. The summed E-state index contributed by atoms with van der Waals surface area (Å²) in [6.45, 7) is 1.85. The van der Waals surface area contributed by atoms with Gasteiger partial charge in [0.15, 0.2) is 0 Å². The van der Waals surface area contributed by atoms with Gasteiger partial charge in [-0.2, -0.15) is 0 Å². The van der Waals surface area contributed by atoms with E-state index in [0.717, 1.165) is 54.0 Å².